The molecule has 0 bridgehead atoms. The molecule has 1 aromatic carbocycles. The van der Waals surface area contributed by atoms with Crippen molar-refractivity contribution in [1.29, 1.82) is 0 Å². The first-order chi connectivity index (χ1) is 15.7. The normalized spacial score (nSPS) is 11.3. The average Bonchev–Trinajstić information content (AvgIpc) is 3.39. The molecule has 0 atom stereocenters. The zero-order chi connectivity index (χ0) is 23.6. The number of ether oxygens (including phenoxy) is 1. The summed E-state index contributed by atoms with van der Waals surface area (Å²) in [5.74, 6) is 0.510. The number of urea groups is 1. The molecular weight excluding hydrogens is 425 g/mol. The van der Waals surface area contributed by atoms with E-state index in [-0.39, 0.29) is 17.0 Å². The topological polar surface area (TPSA) is 98.9 Å². The molecule has 0 radical (unpaired) electrons. The zero-order valence-corrected chi connectivity index (χ0v) is 18.7. The second kappa shape index (κ2) is 8.73. The maximum Gasteiger partial charge on any atom is 0.324 e. The minimum absolute atomic E-state index is 0.0147. The van der Waals surface area contributed by atoms with E-state index >= 15 is 0 Å². The van der Waals surface area contributed by atoms with E-state index in [9.17, 15) is 9.18 Å². The van der Waals surface area contributed by atoms with Crippen molar-refractivity contribution in [3.63, 3.8) is 0 Å². The summed E-state index contributed by atoms with van der Waals surface area (Å²) in [6, 6.07) is 8.69. The first kappa shape index (κ1) is 22.0. The lowest BCUT2D eigenvalue weighted by molar-refractivity contribution is 0.262. The summed E-state index contributed by atoms with van der Waals surface area (Å²) in [5, 5.41) is 13.5. The zero-order valence-electron chi connectivity index (χ0n) is 18.7. The Bertz CT molecular complexity index is 1290. The number of hydrogen-bond acceptors (Lipinski definition) is 5. The number of benzene rings is 1. The van der Waals surface area contributed by atoms with Gasteiger partial charge >= 0.3 is 6.03 Å². The summed E-state index contributed by atoms with van der Waals surface area (Å²) in [7, 11) is 1.82. The monoisotopic (exact) mass is 449 g/mol. The Morgan fingerprint density at radius 2 is 1.88 bits per heavy atom. The number of amides is 2. The molecule has 10 heteroatoms. The molecule has 9 nitrogen and oxygen atoms in total. The molecule has 33 heavy (non-hydrogen) atoms. The maximum absolute atomic E-state index is 14.6. The molecule has 170 valence electrons. The summed E-state index contributed by atoms with van der Waals surface area (Å²) in [5.41, 5.74) is 1.32. The first-order valence-corrected chi connectivity index (χ1v) is 10.2. The lowest BCUT2D eigenvalue weighted by Gasteiger charge is -2.18. The summed E-state index contributed by atoms with van der Waals surface area (Å²) < 4.78 is 23.8. The Kier molecular flexibility index (Phi) is 5.82. The molecule has 0 saturated carbocycles. The van der Waals surface area contributed by atoms with Gasteiger partial charge in [0.15, 0.2) is 5.82 Å². The number of rotatable bonds is 5. The van der Waals surface area contributed by atoms with Crippen LogP contribution in [0.3, 0.4) is 0 Å². The van der Waals surface area contributed by atoms with Crippen molar-refractivity contribution in [3.8, 4) is 22.8 Å². The predicted octanol–water partition coefficient (Wildman–Crippen LogP) is 5.01. The molecule has 4 rings (SSSR count). The molecule has 0 fully saturated rings. The summed E-state index contributed by atoms with van der Waals surface area (Å²) in [6.07, 6.45) is 6.91. The molecule has 3 heterocycles. The van der Waals surface area contributed by atoms with Crippen LogP contribution in [0.4, 0.5) is 20.7 Å². The minimum Gasteiger partial charge on any atom is -0.457 e. The Labute approximate surface area is 190 Å². The Morgan fingerprint density at radius 3 is 2.55 bits per heavy atom. The van der Waals surface area contributed by atoms with Gasteiger partial charge in [-0.2, -0.15) is 10.2 Å². The fraction of sp³-hybridized carbons (Fsp3) is 0.217. The highest BCUT2D eigenvalue weighted by molar-refractivity contribution is 5.99. The van der Waals surface area contributed by atoms with Gasteiger partial charge in [0, 0.05) is 49.4 Å². The van der Waals surface area contributed by atoms with Crippen molar-refractivity contribution in [3.05, 3.63) is 67.0 Å². The van der Waals surface area contributed by atoms with E-state index in [1.807, 2.05) is 34.0 Å². The number of halogens is 1. The number of aryl methyl sites for hydroxylation is 1. The Hall–Kier alpha value is -4.21. The van der Waals surface area contributed by atoms with Crippen LogP contribution in [0.1, 0.15) is 20.8 Å². The number of aromatic nitrogens is 5. The van der Waals surface area contributed by atoms with Crippen molar-refractivity contribution in [2.75, 3.05) is 10.6 Å². The summed E-state index contributed by atoms with van der Waals surface area (Å²) in [6.45, 7) is 5.98. The van der Waals surface area contributed by atoms with Gasteiger partial charge in [0.1, 0.15) is 17.3 Å². The Balaban J connectivity index is 1.41. The molecule has 0 saturated heterocycles. The van der Waals surface area contributed by atoms with Gasteiger partial charge in [0.2, 0.25) is 0 Å². The van der Waals surface area contributed by atoms with E-state index in [0.717, 1.165) is 5.56 Å². The SMILES string of the molecule is Cn1cc(-c2cc(Oc3ccc(NC(=O)Nc4ccn(C(C)(C)C)n4)c(F)c3)ccn2)cn1. The van der Waals surface area contributed by atoms with Crippen LogP contribution in [-0.2, 0) is 12.6 Å². The standard InChI is InChI=1S/C23H24FN7O2/c1-23(2,3)31-10-8-21(29-31)28-22(32)27-19-6-5-16(11-18(19)24)33-17-7-9-25-20(12-17)15-13-26-30(4)14-15/h5-14H,1-4H3,(H2,27,28,29,32). The molecule has 4 aromatic rings. The molecule has 3 aromatic heterocycles. The number of carbonyl (C=O) groups excluding carboxylic acids is 1. The second-order valence-electron chi connectivity index (χ2n) is 8.42. The number of pyridine rings is 1. The van der Waals surface area contributed by atoms with Crippen LogP contribution in [0.25, 0.3) is 11.3 Å². The van der Waals surface area contributed by atoms with E-state index in [1.165, 1.54) is 12.1 Å². The summed E-state index contributed by atoms with van der Waals surface area (Å²) >= 11 is 0. The fourth-order valence-corrected chi connectivity index (χ4v) is 3.02. The lowest BCUT2D eigenvalue weighted by Crippen LogP contribution is -2.24. The van der Waals surface area contributed by atoms with Crippen LogP contribution >= 0.6 is 0 Å². The number of carbonyl (C=O) groups is 1. The molecule has 0 unspecified atom stereocenters. The highest BCUT2D eigenvalue weighted by Gasteiger charge is 2.15. The van der Waals surface area contributed by atoms with Gasteiger partial charge in [-0.3, -0.25) is 19.7 Å². The van der Waals surface area contributed by atoms with Gasteiger partial charge in [0.05, 0.1) is 23.1 Å². The van der Waals surface area contributed by atoms with Crippen LogP contribution in [0.15, 0.2) is 61.2 Å². The molecule has 2 N–H and O–H groups in total. The van der Waals surface area contributed by atoms with Gasteiger partial charge in [-0.25, -0.2) is 9.18 Å². The fourth-order valence-electron chi connectivity index (χ4n) is 3.02. The third-order valence-corrected chi connectivity index (χ3v) is 4.67. The van der Waals surface area contributed by atoms with E-state index in [0.29, 0.717) is 17.3 Å². The van der Waals surface area contributed by atoms with E-state index in [2.05, 4.69) is 25.8 Å². The van der Waals surface area contributed by atoms with Crippen molar-refractivity contribution in [2.45, 2.75) is 26.3 Å². The quantitative estimate of drug-likeness (QED) is 0.446. The number of nitrogens with one attached hydrogen (secondary N) is 2. The smallest absolute Gasteiger partial charge is 0.324 e. The second-order valence-corrected chi connectivity index (χ2v) is 8.42. The van der Waals surface area contributed by atoms with Crippen LogP contribution < -0.4 is 15.4 Å². The summed E-state index contributed by atoms with van der Waals surface area (Å²) in [4.78, 5) is 16.6. The van der Waals surface area contributed by atoms with Crippen LogP contribution in [-0.4, -0.2) is 30.6 Å². The van der Waals surface area contributed by atoms with Crippen molar-refractivity contribution < 1.29 is 13.9 Å². The molecule has 0 aliphatic rings. The maximum atomic E-state index is 14.6. The van der Waals surface area contributed by atoms with Crippen LogP contribution in [0.2, 0.25) is 0 Å². The van der Waals surface area contributed by atoms with Gasteiger partial charge < -0.3 is 10.1 Å². The van der Waals surface area contributed by atoms with Gasteiger partial charge in [0.25, 0.3) is 0 Å². The molecule has 0 aliphatic heterocycles. The lowest BCUT2D eigenvalue weighted by atomic mass is 10.1. The van der Waals surface area contributed by atoms with Crippen LogP contribution in [0, 0.1) is 5.82 Å². The number of anilines is 2. The minimum atomic E-state index is -0.635. The number of hydrogen-bond donors (Lipinski definition) is 2. The van der Waals surface area contributed by atoms with Crippen molar-refractivity contribution in [1.82, 2.24) is 24.5 Å². The third kappa shape index (κ3) is 5.35. The van der Waals surface area contributed by atoms with Gasteiger partial charge in [-0.05, 0) is 39.0 Å². The van der Waals surface area contributed by atoms with E-state index in [1.54, 1.807) is 52.2 Å². The predicted molar refractivity (Wildman–Crippen MR) is 123 cm³/mol. The first-order valence-electron chi connectivity index (χ1n) is 10.2. The van der Waals surface area contributed by atoms with E-state index < -0.39 is 11.8 Å². The average molecular weight is 449 g/mol. The molecule has 0 aliphatic carbocycles. The molecular formula is C23H24FN7O2. The highest BCUT2D eigenvalue weighted by atomic mass is 19.1. The molecule has 2 amide bonds. The van der Waals surface area contributed by atoms with E-state index in [4.69, 9.17) is 4.74 Å². The van der Waals surface area contributed by atoms with Crippen molar-refractivity contribution in [2.24, 2.45) is 7.05 Å². The third-order valence-electron chi connectivity index (χ3n) is 4.67. The Morgan fingerprint density at radius 1 is 1.09 bits per heavy atom. The molecule has 0 spiro atoms. The highest BCUT2D eigenvalue weighted by Crippen LogP contribution is 2.28. The largest absolute Gasteiger partial charge is 0.457 e. The van der Waals surface area contributed by atoms with Gasteiger partial charge in [-0.15, -0.1) is 0 Å². The number of nitrogens with zero attached hydrogens (tertiary/aromatic N) is 5. The van der Waals surface area contributed by atoms with Gasteiger partial charge in [-0.1, -0.05) is 0 Å². The van der Waals surface area contributed by atoms with Crippen molar-refractivity contribution >= 4 is 17.5 Å². The van der Waals surface area contributed by atoms with Crippen LogP contribution in [0.5, 0.6) is 11.5 Å².